The summed E-state index contributed by atoms with van der Waals surface area (Å²) in [6.45, 7) is 0. The average molecular weight is 308 g/mol. The molecule has 0 aliphatic heterocycles. The third-order valence-corrected chi connectivity index (χ3v) is 3.00. The third-order valence-electron chi connectivity index (χ3n) is 2.77. The molecule has 21 heavy (non-hydrogen) atoms. The second-order valence-electron chi connectivity index (χ2n) is 4.09. The zero-order valence-corrected chi connectivity index (χ0v) is 11.6. The zero-order valence-electron chi connectivity index (χ0n) is 10.8. The van der Waals surface area contributed by atoms with Crippen LogP contribution in [0.25, 0.3) is 17.0 Å². The number of rotatable bonds is 3. The fraction of sp³-hybridized carbons (Fsp3) is 0.0714. The van der Waals surface area contributed by atoms with Crippen molar-refractivity contribution in [1.82, 2.24) is 4.98 Å². The molecule has 0 fully saturated rings. The highest BCUT2D eigenvalue weighted by Gasteiger charge is 2.12. The summed E-state index contributed by atoms with van der Waals surface area (Å²) in [5.74, 6) is -1.50. The molecule has 0 atom stereocenters. The first kappa shape index (κ1) is 14.8. The third kappa shape index (κ3) is 2.95. The summed E-state index contributed by atoms with van der Waals surface area (Å²) < 4.78 is 4.93. The zero-order chi connectivity index (χ0) is 15.6. The molecule has 0 saturated heterocycles. The molecule has 0 radical (unpaired) electrons. The highest BCUT2D eigenvalue weighted by Crippen LogP contribution is 2.17. The summed E-state index contributed by atoms with van der Waals surface area (Å²) in [5, 5.41) is 9.23. The number of H-pyrrole nitrogens is 1. The quantitative estimate of drug-likeness (QED) is 0.840. The molecule has 2 N–H and O–H groups in total. The maximum absolute atomic E-state index is 12.5. The van der Waals surface area contributed by atoms with Crippen LogP contribution in [0.2, 0.25) is 5.02 Å². The number of carbonyl (C=O) groups is 1. The summed E-state index contributed by atoms with van der Waals surface area (Å²) in [6.07, 6.45) is 1.80. The van der Waals surface area contributed by atoms with Gasteiger partial charge < -0.3 is 14.8 Å². The summed E-state index contributed by atoms with van der Waals surface area (Å²) in [6, 6.07) is 4.39. The van der Waals surface area contributed by atoms with Crippen molar-refractivity contribution in [1.29, 1.82) is 0 Å². The van der Waals surface area contributed by atoms with E-state index in [2.05, 4.69) is 4.98 Å². The highest BCUT2D eigenvalue weighted by molar-refractivity contribution is 6.31. The number of ether oxygens (including phenoxy) is 1. The van der Waals surface area contributed by atoms with Crippen molar-refractivity contribution < 1.29 is 14.6 Å². The van der Waals surface area contributed by atoms with E-state index >= 15 is 0 Å². The van der Waals surface area contributed by atoms with Gasteiger partial charge in [-0.1, -0.05) is 11.6 Å². The number of carboxylic acid groups (broad SMARTS) is 1. The Morgan fingerprint density at radius 1 is 1.38 bits per heavy atom. The van der Waals surface area contributed by atoms with Gasteiger partial charge in [-0.15, -0.1) is 0 Å². The predicted molar refractivity (Wildman–Crippen MR) is 79.1 cm³/mol. The molecule has 0 spiro atoms. The van der Waals surface area contributed by atoms with Gasteiger partial charge in [0.25, 0.3) is 5.56 Å². The minimum Gasteiger partial charge on any atom is -0.491 e. The van der Waals surface area contributed by atoms with Gasteiger partial charge in [0, 0.05) is 16.5 Å². The smallest absolute Gasteiger partial charge is 0.328 e. The first-order valence-electron chi connectivity index (χ1n) is 5.79. The van der Waals surface area contributed by atoms with Crippen molar-refractivity contribution >= 4 is 34.5 Å². The normalized spacial score (nSPS) is 11.0. The van der Waals surface area contributed by atoms with Crippen LogP contribution in [0, 0.1) is 0 Å². The lowest BCUT2D eigenvalue weighted by Crippen LogP contribution is -2.10. The maximum atomic E-state index is 12.5. The SMILES string of the molecule is COc1c(C=CC(=O)O)c(=O)c2ccc(Cl)cc2[nH]c1=O. The van der Waals surface area contributed by atoms with Crippen LogP contribution in [0.3, 0.4) is 0 Å². The van der Waals surface area contributed by atoms with Crippen LogP contribution in [-0.2, 0) is 4.79 Å². The van der Waals surface area contributed by atoms with Crippen LogP contribution in [-0.4, -0.2) is 23.2 Å². The van der Waals surface area contributed by atoms with Gasteiger partial charge in [0.05, 0.1) is 18.2 Å². The van der Waals surface area contributed by atoms with E-state index in [0.717, 1.165) is 12.2 Å². The van der Waals surface area contributed by atoms with E-state index < -0.39 is 17.0 Å². The molecule has 1 aromatic heterocycles. The van der Waals surface area contributed by atoms with Crippen LogP contribution in [0.5, 0.6) is 5.75 Å². The molecule has 2 rings (SSSR count). The Kier molecular flexibility index (Phi) is 4.09. The van der Waals surface area contributed by atoms with Crippen LogP contribution in [0.15, 0.2) is 33.9 Å². The Bertz CT molecular complexity index is 869. The molecular formula is C14H10ClNO5. The predicted octanol–water partition coefficient (Wildman–Crippen LogP) is 1.65. The van der Waals surface area contributed by atoms with Crippen molar-refractivity contribution in [2.24, 2.45) is 0 Å². The number of carboxylic acids is 1. The van der Waals surface area contributed by atoms with E-state index in [4.69, 9.17) is 21.4 Å². The number of hydrogen-bond acceptors (Lipinski definition) is 4. The fourth-order valence-corrected chi connectivity index (χ4v) is 2.05. The van der Waals surface area contributed by atoms with Gasteiger partial charge in [-0.05, 0) is 24.3 Å². The second-order valence-corrected chi connectivity index (χ2v) is 4.53. The van der Waals surface area contributed by atoms with E-state index in [0.29, 0.717) is 5.02 Å². The van der Waals surface area contributed by atoms with Crippen molar-refractivity contribution in [3.05, 3.63) is 55.4 Å². The molecule has 0 saturated carbocycles. The van der Waals surface area contributed by atoms with Crippen LogP contribution >= 0.6 is 11.6 Å². The summed E-state index contributed by atoms with van der Waals surface area (Å²) >= 11 is 5.84. The summed E-state index contributed by atoms with van der Waals surface area (Å²) in [4.78, 5) is 37.6. The number of aromatic amines is 1. The van der Waals surface area contributed by atoms with Crippen LogP contribution in [0.1, 0.15) is 5.56 Å². The number of aromatic nitrogens is 1. The Balaban J connectivity index is 2.99. The van der Waals surface area contributed by atoms with E-state index in [1.165, 1.54) is 25.3 Å². The van der Waals surface area contributed by atoms with Gasteiger partial charge >= 0.3 is 5.97 Å². The van der Waals surface area contributed by atoms with Gasteiger partial charge in [0.2, 0.25) is 0 Å². The molecule has 2 aromatic rings. The summed E-state index contributed by atoms with van der Waals surface area (Å²) in [7, 11) is 1.22. The maximum Gasteiger partial charge on any atom is 0.328 e. The Labute approximate surface area is 123 Å². The van der Waals surface area contributed by atoms with Gasteiger partial charge in [-0.25, -0.2) is 4.79 Å². The lowest BCUT2D eigenvalue weighted by atomic mass is 10.1. The molecule has 0 aliphatic carbocycles. The molecule has 6 nitrogen and oxygen atoms in total. The lowest BCUT2D eigenvalue weighted by Gasteiger charge is -1.97. The standard InChI is InChI=1S/C14H10ClNO5/c1-21-13-9(4-5-11(17)18)12(19)8-3-2-7(15)6-10(8)16-14(13)20/h2-6H,1H3,(H,16,20)(H,17,18). The van der Waals surface area contributed by atoms with Crippen molar-refractivity contribution in [3.8, 4) is 5.75 Å². The Morgan fingerprint density at radius 3 is 2.71 bits per heavy atom. The molecule has 1 heterocycles. The Morgan fingerprint density at radius 2 is 2.10 bits per heavy atom. The number of nitrogens with one attached hydrogen (secondary N) is 1. The van der Waals surface area contributed by atoms with Crippen molar-refractivity contribution in [2.45, 2.75) is 0 Å². The van der Waals surface area contributed by atoms with Gasteiger partial charge in [0.1, 0.15) is 0 Å². The molecule has 7 heteroatoms. The van der Waals surface area contributed by atoms with Gasteiger partial charge in [-0.2, -0.15) is 0 Å². The minimum absolute atomic E-state index is 0.140. The number of benzene rings is 1. The molecule has 1 aromatic carbocycles. The highest BCUT2D eigenvalue weighted by atomic mass is 35.5. The largest absolute Gasteiger partial charge is 0.491 e. The minimum atomic E-state index is -1.24. The van der Waals surface area contributed by atoms with Gasteiger partial charge in [-0.3, -0.25) is 9.59 Å². The van der Waals surface area contributed by atoms with E-state index in [9.17, 15) is 14.4 Å². The summed E-state index contributed by atoms with van der Waals surface area (Å²) in [5.41, 5.74) is -1.09. The average Bonchev–Trinajstić information content (AvgIpc) is 2.51. The molecule has 0 bridgehead atoms. The van der Waals surface area contributed by atoms with Crippen molar-refractivity contribution in [2.75, 3.05) is 7.11 Å². The monoisotopic (exact) mass is 307 g/mol. The van der Waals surface area contributed by atoms with E-state index in [1.807, 2.05) is 0 Å². The first-order chi connectivity index (χ1) is 9.93. The lowest BCUT2D eigenvalue weighted by molar-refractivity contribution is -0.131. The number of halogens is 1. The number of aliphatic carboxylic acids is 1. The van der Waals surface area contributed by atoms with Crippen molar-refractivity contribution in [3.63, 3.8) is 0 Å². The van der Waals surface area contributed by atoms with E-state index in [1.54, 1.807) is 0 Å². The number of hydrogen-bond donors (Lipinski definition) is 2. The molecule has 0 amide bonds. The fourth-order valence-electron chi connectivity index (χ4n) is 1.88. The van der Waals surface area contributed by atoms with Crippen LogP contribution < -0.4 is 15.7 Å². The Hall–Kier alpha value is -2.60. The molecule has 108 valence electrons. The topological polar surface area (TPSA) is 96.5 Å². The van der Waals surface area contributed by atoms with E-state index in [-0.39, 0.29) is 22.2 Å². The molecule has 0 unspecified atom stereocenters. The van der Waals surface area contributed by atoms with Gasteiger partial charge in [0.15, 0.2) is 11.2 Å². The molecule has 0 aliphatic rings. The second kappa shape index (κ2) is 5.80. The van der Waals surface area contributed by atoms with Crippen LogP contribution in [0.4, 0.5) is 0 Å². The first-order valence-corrected chi connectivity index (χ1v) is 6.16. The molecular weight excluding hydrogens is 298 g/mol. The number of fused-ring (bicyclic) bond motifs is 1. The number of methoxy groups -OCH3 is 1.